The SMILES string of the molecule is CCOc1nccnc1NC[C@H]1CC[C@@H](c2nc(C3CC3)n[nH]2)O1. The van der Waals surface area contributed by atoms with E-state index in [1.807, 2.05) is 6.92 Å². The number of hydrogen-bond donors (Lipinski definition) is 2. The Morgan fingerprint density at radius 1 is 1.25 bits per heavy atom. The van der Waals surface area contributed by atoms with Crippen molar-refractivity contribution in [3.8, 4) is 5.88 Å². The highest BCUT2D eigenvalue weighted by Gasteiger charge is 2.32. The molecule has 24 heavy (non-hydrogen) atoms. The van der Waals surface area contributed by atoms with Crippen LogP contribution in [-0.4, -0.2) is 44.4 Å². The zero-order valence-electron chi connectivity index (χ0n) is 13.7. The molecule has 4 rings (SSSR count). The first kappa shape index (κ1) is 15.3. The smallest absolute Gasteiger partial charge is 0.257 e. The van der Waals surface area contributed by atoms with Gasteiger partial charge in [-0.05, 0) is 32.6 Å². The maximum absolute atomic E-state index is 6.10. The van der Waals surface area contributed by atoms with Gasteiger partial charge in [0, 0.05) is 24.9 Å². The second kappa shape index (κ2) is 6.72. The van der Waals surface area contributed by atoms with Crippen molar-refractivity contribution in [1.29, 1.82) is 0 Å². The van der Waals surface area contributed by atoms with Crippen LogP contribution >= 0.6 is 0 Å². The lowest BCUT2D eigenvalue weighted by atomic mass is 10.2. The van der Waals surface area contributed by atoms with Gasteiger partial charge in [0.25, 0.3) is 5.88 Å². The summed E-state index contributed by atoms with van der Waals surface area (Å²) in [5.74, 6) is 3.54. The molecule has 1 saturated carbocycles. The number of ether oxygens (including phenoxy) is 2. The van der Waals surface area contributed by atoms with Crippen LogP contribution in [0.3, 0.4) is 0 Å². The molecule has 0 amide bonds. The Labute approximate surface area is 140 Å². The Bertz CT molecular complexity index is 687. The minimum Gasteiger partial charge on any atom is -0.475 e. The van der Waals surface area contributed by atoms with Gasteiger partial charge in [-0.1, -0.05) is 0 Å². The van der Waals surface area contributed by atoms with E-state index in [-0.39, 0.29) is 12.2 Å². The molecule has 0 spiro atoms. The van der Waals surface area contributed by atoms with Crippen LogP contribution in [0.15, 0.2) is 12.4 Å². The van der Waals surface area contributed by atoms with Gasteiger partial charge in [-0.3, -0.25) is 5.10 Å². The maximum atomic E-state index is 6.10. The molecule has 8 nitrogen and oxygen atoms in total. The average molecular weight is 330 g/mol. The molecule has 2 aliphatic rings. The summed E-state index contributed by atoms with van der Waals surface area (Å²) in [6.07, 6.45) is 7.72. The van der Waals surface area contributed by atoms with Gasteiger partial charge in [0.15, 0.2) is 17.5 Å². The highest BCUT2D eigenvalue weighted by molar-refractivity contribution is 5.44. The lowest BCUT2D eigenvalue weighted by molar-refractivity contribution is 0.0471. The van der Waals surface area contributed by atoms with Gasteiger partial charge < -0.3 is 14.8 Å². The largest absolute Gasteiger partial charge is 0.475 e. The fraction of sp³-hybridized carbons (Fsp3) is 0.625. The predicted octanol–water partition coefficient (Wildman–Crippen LogP) is 2.20. The maximum Gasteiger partial charge on any atom is 0.257 e. The molecule has 0 unspecified atom stereocenters. The Morgan fingerprint density at radius 3 is 2.96 bits per heavy atom. The fourth-order valence-electron chi connectivity index (χ4n) is 2.91. The molecule has 0 radical (unpaired) electrons. The summed E-state index contributed by atoms with van der Waals surface area (Å²) in [7, 11) is 0. The van der Waals surface area contributed by atoms with Gasteiger partial charge >= 0.3 is 0 Å². The molecular formula is C16H22N6O2. The van der Waals surface area contributed by atoms with E-state index in [2.05, 4.69) is 30.5 Å². The predicted molar refractivity (Wildman–Crippen MR) is 86.9 cm³/mol. The highest BCUT2D eigenvalue weighted by atomic mass is 16.5. The summed E-state index contributed by atoms with van der Waals surface area (Å²) in [5.41, 5.74) is 0. The Hall–Kier alpha value is -2.22. The molecular weight excluding hydrogens is 308 g/mol. The normalized spacial score (nSPS) is 23.4. The van der Waals surface area contributed by atoms with E-state index in [9.17, 15) is 0 Å². The molecule has 2 aromatic rings. The van der Waals surface area contributed by atoms with E-state index in [0.29, 0.717) is 30.8 Å². The van der Waals surface area contributed by atoms with Crippen molar-refractivity contribution < 1.29 is 9.47 Å². The summed E-state index contributed by atoms with van der Waals surface area (Å²) in [4.78, 5) is 13.1. The number of nitrogens with one attached hydrogen (secondary N) is 2. The van der Waals surface area contributed by atoms with Crippen LogP contribution in [0, 0.1) is 0 Å². The monoisotopic (exact) mass is 330 g/mol. The molecule has 0 bridgehead atoms. The number of anilines is 1. The third kappa shape index (κ3) is 3.33. The zero-order valence-corrected chi connectivity index (χ0v) is 13.7. The van der Waals surface area contributed by atoms with Gasteiger partial charge in [-0.15, -0.1) is 0 Å². The molecule has 1 aliphatic carbocycles. The third-order valence-electron chi connectivity index (χ3n) is 4.32. The molecule has 128 valence electrons. The number of H-pyrrole nitrogens is 1. The van der Waals surface area contributed by atoms with Crippen molar-refractivity contribution in [3.63, 3.8) is 0 Å². The summed E-state index contributed by atoms with van der Waals surface area (Å²) < 4.78 is 11.6. The van der Waals surface area contributed by atoms with Gasteiger partial charge in [-0.2, -0.15) is 5.10 Å². The first-order valence-corrected chi connectivity index (χ1v) is 8.58. The fourth-order valence-corrected chi connectivity index (χ4v) is 2.91. The number of aromatic nitrogens is 5. The Kier molecular flexibility index (Phi) is 4.29. The molecule has 1 saturated heterocycles. The molecule has 2 atom stereocenters. The van der Waals surface area contributed by atoms with E-state index in [0.717, 1.165) is 24.5 Å². The summed E-state index contributed by atoms with van der Waals surface area (Å²) in [6.45, 7) is 3.15. The van der Waals surface area contributed by atoms with E-state index in [4.69, 9.17) is 9.47 Å². The van der Waals surface area contributed by atoms with Crippen molar-refractivity contribution in [3.05, 3.63) is 24.0 Å². The lowest BCUT2D eigenvalue weighted by Gasteiger charge is -2.14. The van der Waals surface area contributed by atoms with Crippen molar-refractivity contribution >= 4 is 5.82 Å². The standard InChI is InChI=1S/C16H22N6O2/c1-2-23-16-15(17-7-8-18-16)19-9-11-5-6-12(24-11)14-20-13(21-22-14)10-3-4-10/h7-8,10-12H,2-6,9H2,1H3,(H,17,19)(H,20,21,22)/t11-,12+/m1/s1. The first-order chi connectivity index (χ1) is 11.8. The molecule has 0 aromatic carbocycles. The van der Waals surface area contributed by atoms with Crippen LogP contribution in [0.1, 0.15) is 56.3 Å². The van der Waals surface area contributed by atoms with Crippen LogP contribution < -0.4 is 10.1 Å². The van der Waals surface area contributed by atoms with Gasteiger partial charge in [0.05, 0.1) is 12.7 Å². The quantitative estimate of drug-likeness (QED) is 0.803. The third-order valence-corrected chi connectivity index (χ3v) is 4.32. The summed E-state index contributed by atoms with van der Waals surface area (Å²) in [6, 6.07) is 0. The van der Waals surface area contributed by atoms with Crippen molar-refractivity contribution in [2.45, 2.75) is 50.7 Å². The van der Waals surface area contributed by atoms with Crippen molar-refractivity contribution in [2.75, 3.05) is 18.5 Å². The van der Waals surface area contributed by atoms with Gasteiger partial charge in [0.2, 0.25) is 0 Å². The summed E-state index contributed by atoms with van der Waals surface area (Å²) >= 11 is 0. The van der Waals surface area contributed by atoms with Crippen LogP contribution in [0.25, 0.3) is 0 Å². The number of rotatable bonds is 7. The molecule has 2 N–H and O–H groups in total. The van der Waals surface area contributed by atoms with Crippen molar-refractivity contribution in [2.24, 2.45) is 0 Å². The topological polar surface area (TPSA) is 97.8 Å². The summed E-state index contributed by atoms with van der Waals surface area (Å²) in [5, 5.41) is 10.6. The Balaban J connectivity index is 1.32. The van der Waals surface area contributed by atoms with E-state index < -0.39 is 0 Å². The molecule has 1 aliphatic heterocycles. The zero-order chi connectivity index (χ0) is 16.4. The molecule has 8 heteroatoms. The Morgan fingerprint density at radius 2 is 2.12 bits per heavy atom. The first-order valence-electron chi connectivity index (χ1n) is 8.58. The lowest BCUT2D eigenvalue weighted by Crippen LogP contribution is -2.20. The average Bonchev–Trinajstić information content (AvgIpc) is 3.15. The van der Waals surface area contributed by atoms with Gasteiger partial charge in [0.1, 0.15) is 6.10 Å². The minimum absolute atomic E-state index is 0.00465. The van der Waals surface area contributed by atoms with E-state index >= 15 is 0 Å². The minimum atomic E-state index is 0.00465. The van der Waals surface area contributed by atoms with Crippen LogP contribution in [0.2, 0.25) is 0 Å². The number of hydrogen-bond acceptors (Lipinski definition) is 7. The molecule has 2 aromatic heterocycles. The van der Waals surface area contributed by atoms with Gasteiger partial charge in [-0.25, -0.2) is 15.0 Å². The van der Waals surface area contributed by atoms with Crippen LogP contribution in [0.5, 0.6) is 5.88 Å². The number of nitrogens with zero attached hydrogens (tertiary/aromatic N) is 4. The van der Waals surface area contributed by atoms with Crippen LogP contribution in [-0.2, 0) is 4.74 Å². The van der Waals surface area contributed by atoms with Crippen LogP contribution in [0.4, 0.5) is 5.82 Å². The second-order valence-corrected chi connectivity index (χ2v) is 6.20. The highest BCUT2D eigenvalue weighted by Crippen LogP contribution is 2.39. The second-order valence-electron chi connectivity index (χ2n) is 6.20. The van der Waals surface area contributed by atoms with E-state index in [1.54, 1.807) is 12.4 Å². The number of aromatic amines is 1. The molecule has 2 fully saturated rings. The molecule has 3 heterocycles. The van der Waals surface area contributed by atoms with Crippen molar-refractivity contribution in [1.82, 2.24) is 25.1 Å². The van der Waals surface area contributed by atoms with E-state index in [1.165, 1.54) is 12.8 Å².